The van der Waals surface area contributed by atoms with E-state index in [1.54, 1.807) is 0 Å². The molecule has 26 heavy (non-hydrogen) atoms. The third-order valence-corrected chi connectivity index (χ3v) is 8.03. The number of likely N-dealkylation sites (tertiary alicyclic amines) is 1. The van der Waals surface area contributed by atoms with Crippen molar-refractivity contribution in [3.8, 4) is 0 Å². The van der Waals surface area contributed by atoms with Gasteiger partial charge in [-0.15, -0.1) is 0 Å². The molecule has 0 spiro atoms. The van der Waals surface area contributed by atoms with Crippen LogP contribution in [-0.2, 0) is 19.4 Å². The molecular weight excluding hydrogens is 352 g/mol. The Morgan fingerprint density at radius 2 is 1.65 bits per heavy atom. The van der Waals surface area contributed by atoms with Gasteiger partial charge in [-0.2, -0.15) is 0 Å². The van der Waals surface area contributed by atoms with Crippen LogP contribution in [-0.4, -0.2) is 56.3 Å². The first-order chi connectivity index (χ1) is 12.3. The van der Waals surface area contributed by atoms with Gasteiger partial charge in [0.15, 0.2) is 0 Å². The number of hydrogen-bond donors (Lipinski definition) is 1. The highest BCUT2D eigenvalue weighted by atomic mass is 32.2. The first-order valence-electron chi connectivity index (χ1n) is 10.0. The summed E-state index contributed by atoms with van der Waals surface area (Å²) >= 11 is 0. The van der Waals surface area contributed by atoms with Gasteiger partial charge < -0.3 is 10.2 Å². The maximum absolute atomic E-state index is 13.5. The molecule has 6 nitrogen and oxygen atoms in total. The van der Waals surface area contributed by atoms with E-state index in [0.29, 0.717) is 30.7 Å². The summed E-state index contributed by atoms with van der Waals surface area (Å²) in [6.45, 7) is 0.776. The Kier molecular flexibility index (Phi) is 4.56. The van der Waals surface area contributed by atoms with Gasteiger partial charge in [0.25, 0.3) is 0 Å². The minimum atomic E-state index is -3.10. The number of hydrogen-bond acceptors (Lipinski definition) is 4. The minimum Gasteiger partial charge on any atom is -0.353 e. The van der Waals surface area contributed by atoms with E-state index in [1.807, 2.05) is 4.90 Å². The molecular formula is C19H30N2O4S. The molecule has 0 aromatic heterocycles. The van der Waals surface area contributed by atoms with Gasteiger partial charge >= 0.3 is 0 Å². The number of carbonyl (C=O) groups excluding carboxylic acids is 2. The van der Waals surface area contributed by atoms with Crippen LogP contribution < -0.4 is 5.32 Å². The van der Waals surface area contributed by atoms with Crippen molar-refractivity contribution in [1.29, 1.82) is 0 Å². The van der Waals surface area contributed by atoms with Crippen LogP contribution in [0.15, 0.2) is 0 Å². The zero-order chi connectivity index (χ0) is 18.5. The molecule has 1 saturated heterocycles. The van der Waals surface area contributed by atoms with E-state index in [0.717, 1.165) is 31.9 Å². The Hall–Kier alpha value is -1.11. The smallest absolute Gasteiger partial charge is 0.242 e. The highest BCUT2D eigenvalue weighted by Gasteiger charge is 2.56. The third kappa shape index (κ3) is 3.39. The Bertz CT molecular complexity index is 667. The molecule has 4 saturated carbocycles. The van der Waals surface area contributed by atoms with Crippen LogP contribution in [0.1, 0.15) is 51.4 Å². The minimum absolute atomic E-state index is 0.0611. The highest BCUT2D eigenvalue weighted by Crippen LogP contribution is 2.60. The zero-order valence-corrected chi connectivity index (χ0v) is 16.4. The van der Waals surface area contributed by atoms with Crippen molar-refractivity contribution in [3.05, 3.63) is 0 Å². The van der Waals surface area contributed by atoms with Crippen LogP contribution in [0.4, 0.5) is 0 Å². The van der Waals surface area contributed by atoms with Crippen molar-refractivity contribution in [2.45, 2.75) is 57.4 Å². The molecule has 1 aliphatic heterocycles. The summed E-state index contributed by atoms with van der Waals surface area (Å²) in [6, 6.07) is -0.421. The fraction of sp³-hybridized carbons (Fsp3) is 0.895. The van der Waals surface area contributed by atoms with Gasteiger partial charge in [-0.25, -0.2) is 8.42 Å². The summed E-state index contributed by atoms with van der Waals surface area (Å²) < 4.78 is 22.5. The van der Waals surface area contributed by atoms with Crippen molar-refractivity contribution in [3.63, 3.8) is 0 Å². The predicted octanol–water partition coefficient (Wildman–Crippen LogP) is 1.35. The van der Waals surface area contributed by atoms with Crippen LogP contribution >= 0.6 is 0 Å². The van der Waals surface area contributed by atoms with Gasteiger partial charge in [0.2, 0.25) is 11.8 Å². The number of rotatable bonds is 5. The molecule has 5 rings (SSSR count). The number of carbonyl (C=O) groups is 2. The van der Waals surface area contributed by atoms with Crippen molar-refractivity contribution in [2.24, 2.45) is 23.2 Å². The number of nitrogens with one attached hydrogen (secondary N) is 1. The second-order valence-corrected chi connectivity index (χ2v) is 11.5. The standard InChI is InChI=1S/C19H30N2O4S/c1-26(24,25)6-4-20-17(22)16-3-2-5-21(16)18(23)19-10-13-7-14(11-19)9-15(8-13)12-19/h13-16H,2-12H2,1H3,(H,20,22). The summed E-state index contributed by atoms with van der Waals surface area (Å²) in [6.07, 6.45) is 9.61. The lowest BCUT2D eigenvalue weighted by molar-refractivity contribution is -0.160. The molecule has 4 aliphatic carbocycles. The quantitative estimate of drug-likeness (QED) is 0.778. The molecule has 7 heteroatoms. The zero-order valence-electron chi connectivity index (χ0n) is 15.6. The molecule has 5 aliphatic rings. The van der Waals surface area contributed by atoms with Crippen molar-refractivity contribution in [1.82, 2.24) is 10.2 Å². The topological polar surface area (TPSA) is 83.6 Å². The molecule has 0 aromatic carbocycles. The van der Waals surface area contributed by atoms with Gasteiger partial charge in [0.1, 0.15) is 15.9 Å². The average Bonchev–Trinajstić information content (AvgIpc) is 3.01. The molecule has 1 atom stereocenters. The Morgan fingerprint density at radius 3 is 2.19 bits per heavy atom. The second-order valence-electron chi connectivity index (χ2n) is 9.28. The lowest BCUT2D eigenvalue weighted by Gasteiger charge is -2.56. The van der Waals surface area contributed by atoms with Gasteiger partial charge in [-0.05, 0) is 69.1 Å². The maximum Gasteiger partial charge on any atom is 0.242 e. The van der Waals surface area contributed by atoms with E-state index >= 15 is 0 Å². The monoisotopic (exact) mass is 382 g/mol. The largest absolute Gasteiger partial charge is 0.353 e. The van der Waals surface area contributed by atoms with Crippen molar-refractivity contribution < 1.29 is 18.0 Å². The molecule has 0 aromatic rings. The maximum atomic E-state index is 13.5. The summed E-state index contributed by atoms with van der Waals surface area (Å²) in [5.41, 5.74) is -0.218. The predicted molar refractivity (Wildman–Crippen MR) is 98.1 cm³/mol. The Labute approximate surface area is 156 Å². The molecule has 1 N–H and O–H groups in total. The van der Waals surface area contributed by atoms with E-state index in [2.05, 4.69) is 5.32 Å². The Morgan fingerprint density at radius 1 is 1.08 bits per heavy atom. The summed E-state index contributed by atoms with van der Waals surface area (Å²) in [5.74, 6) is 2.06. The van der Waals surface area contributed by atoms with Gasteiger partial charge in [0.05, 0.1) is 11.2 Å². The molecule has 5 fully saturated rings. The lowest BCUT2D eigenvalue weighted by Crippen LogP contribution is -2.57. The van der Waals surface area contributed by atoms with Crippen LogP contribution in [0.3, 0.4) is 0 Å². The van der Waals surface area contributed by atoms with Crippen molar-refractivity contribution in [2.75, 3.05) is 25.1 Å². The normalized spacial score (nSPS) is 38.6. The van der Waals surface area contributed by atoms with Crippen LogP contribution in [0.25, 0.3) is 0 Å². The van der Waals surface area contributed by atoms with E-state index in [4.69, 9.17) is 0 Å². The molecule has 1 heterocycles. The van der Waals surface area contributed by atoms with Crippen LogP contribution in [0, 0.1) is 23.2 Å². The number of amides is 2. The first-order valence-corrected chi connectivity index (χ1v) is 12.1. The molecule has 4 bridgehead atoms. The van der Waals surface area contributed by atoms with Gasteiger partial charge in [0, 0.05) is 19.3 Å². The van der Waals surface area contributed by atoms with Crippen LogP contribution in [0.2, 0.25) is 0 Å². The molecule has 1 unspecified atom stereocenters. The van der Waals surface area contributed by atoms with Crippen LogP contribution in [0.5, 0.6) is 0 Å². The lowest BCUT2D eigenvalue weighted by atomic mass is 9.49. The average molecular weight is 383 g/mol. The molecule has 2 amide bonds. The second kappa shape index (κ2) is 6.50. The van der Waals surface area contributed by atoms with E-state index < -0.39 is 15.9 Å². The summed E-state index contributed by atoms with van der Waals surface area (Å²) in [4.78, 5) is 27.9. The molecule has 0 radical (unpaired) electrons. The highest BCUT2D eigenvalue weighted by molar-refractivity contribution is 7.90. The summed E-state index contributed by atoms with van der Waals surface area (Å²) in [5, 5.41) is 2.73. The Balaban J connectivity index is 1.43. The van der Waals surface area contributed by atoms with Gasteiger partial charge in [-0.1, -0.05) is 0 Å². The fourth-order valence-corrected chi connectivity index (χ4v) is 6.91. The molecule has 146 valence electrons. The van der Waals surface area contributed by atoms with E-state index in [-0.39, 0.29) is 29.5 Å². The third-order valence-electron chi connectivity index (χ3n) is 7.08. The number of sulfone groups is 1. The summed E-state index contributed by atoms with van der Waals surface area (Å²) in [7, 11) is -3.10. The van der Waals surface area contributed by atoms with Crippen molar-refractivity contribution >= 4 is 21.7 Å². The van der Waals surface area contributed by atoms with E-state index in [1.165, 1.54) is 19.3 Å². The van der Waals surface area contributed by atoms with E-state index in [9.17, 15) is 18.0 Å². The fourth-order valence-electron chi connectivity index (χ4n) is 6.44. The number of nitrogens with zero attached hydrogens (tertiary/aromatic N) is 1. The first kappa shape index (κ1) is 18.3. The van der Waals surface area contributed by atoms with Gasteiger partial charge in [-0.3, -0.25) is 9.59 Å². The SMILES string of the molecule is CS(=O)(=O)CCNC(=O)C1CCCN1C(=O)C12CC3CC(CC(C3)C1)C2.